The molecule has 2 aromatic carbocycles. The molecule has 2 aromatic rings. The molecule has 0 aromatic heterocycles. The quantitative estimate of drug-likeness (QED) is 0.699. The molecule has 0 radical (unpaired) electrons. The van der Waals surface area contributed by atoms with Gasteiger partial charge in [0.2, 0.25) is 0 Å². The van der Waals surface area contributed by atoms with Crippen LogP contribution in [0.2, 0.25) is 10.0 Å². The van der Waals surface area contributed by atoms with Gasteiger partial charge in [0.15, 0.2) is 13.2 Å². The summed E-state index contributed by atoms with van der Waals surface area (Å²) in [5, 5.41) is 3.13. The third-order valence-electron chi connectivity index (χ3n) is 3.07. The van der Waals surface area contributed by atoms with E-state index < -0.39 is 31.0 Å². The lowest BCUT2D eigenvalue weighted by Gasteiger charge is -2.10. The van der Waals surface area contributed by atoms with Crippen molar-refractivity contribution in [1.29, 1.82) is 0 Å². The van der Waals surface area contributed by atoms with E-state index in [1.54, 1.807) is 18.2 Å². The summed E-state index contributed by atoms with van der Waals surface area (Å²) in [7, 11) is 0. The SMILES string of the molecule is NC(=O)c1ccccc1OCC(=O)OCC(=O)Nc1ccc(Cl)c(Cl)c1. The molecule has 0 fully saturated rings. The summed E-state index contributed by atoms with van der Waals surface area (Å²) in [6.45, 7) is -0.996. The number of hydrogen-bond donors (Lipinski definition) is 2. The van der Waals surface area contributed by atoms with Crippen molar-refractivity contribution in [1.82, 2.24) is 0 Å². The number of anilines is 1. The number of carbonyl (C=O) groups is 3. The van der Waals surface area contributed by atoms with Crippen molar-refractivity contribution in [2.45, 2.75) is 0 Å². The van der Waals surface area contributed by atoms with E-state index in [1.165, 1.54) is 24.3 Å². The molecule has 0 aliphatic carbocycles. The van der Waals surface area contributed by atoms with Gasteiger partial charge in [-0.25, -0.2) is 4.79 Å². The van der Waals surface area contributed by atoms with Gasteiger partial charge in [-0.1, -0.05) is 35.3 Å². The van der Waals surface area contributed by atoms with Crippen molar-refractivity contribution in [3.8, 4) is 5.75 Å². The normalized spacial score (nSPS) is 10.1. The summed E-state index contributed by atoms with van der Waals surface area (Å²) in [5.41, 5.74) is 5.75. The van der Waals surface area contributed by atoms with Crippen LogP contribution >= 0.6 is 23.2 Å². The maximum atomic E-state index is 11.8. The summed E-state index contributed by atoms with van der Waals surface area (Å²) in [6.07, 6.45) is 0. The van der Waals surface area contributed by atoms with Gasteiger partial charge in [-0.05, 0) is 30.3 Å². The number of nitrogens with two attached hydrogens (primary N) is 1. The van der Waals surface area contributed by atoms with Gasteiger partial charge >= 0.3 is 5.97 Å². The number of para-hydroxylation sites is 1. The van der Waals surface area contributed by atoms with Crippen LogP contribution in [-0.2, 0) is 14.3 Å². The summed E-state index contributed by atoms with van der Waals surface area (Å²) in [6, 6.07) is 10.7. The van der Waals surface area contributed by atoms with E-state index >= 15 is 0 Å². The average Bonchev–Trinajstić information content (AvgIpc) is 2.61. The first kappa shape index (κ1) is 19.6. The molecule has 2 rings (SSSR count). The molecule has 0 bridgehead atoms. The third-order valence-corrected chi connectivity index (χ3v) is 3.80. The first-order chi connectivity index (χ1) is 12.4. The van der Waals surface area contributed by atoms with E-state index in [9.17, 15) is 14.4 Å². The van der Waals surface area contributed by atoms with E-state index in [-0.39, 0.29) is 16.3 Å². The summed E-state index contributed by atoms with van der Waals surface area (Å²) in [5.74, 6) is -1.88. The fraction of sp³-hybridized carbons (Fsp3) is 0.118. The second kappa shape index (κ2) is 9.07. The van der Waals surface area contributed by atoms with Crippen LogP contribution in [0.1, 0.15) is 10.4 Å². The molecule has 0 aliphatic rings. The molecule has 7 nitrogen and oxygen atoms in total. The van der Waals surface area contributed by atoms with Gasteiger partial charge in [0, 0.05) is 5.69 Å². The van der Waals surface area contributed by atoms with Crippen molar-refractivity contribution < 1.29 is 23.9 Å². The topological polar surface area (TPSA) is 108 Å². The number of hydrogen-bond acceptors (Lipinski definition) is 5. The van der Waals surface area contributed by atoms with Crippen molar-refractivity contribution in [2.24, 2.45) is 5.73 Å². The highest BCUT2D eigenvalue weighted by Crippen LogP contribution is 2.24. The van der Waals surface area contributed by atoms with E-state index in [0.717, 1.165) is 0 Å². The highest BCUT2D eigenvalue weighted by atomic mass is 35.5. The summed E-state index contributed by atoms with van der Waals surface area (Å²) < 4.78 is 10.0. The van der Waals surface area contributed by atoms with Crippen molar-refractivity contribution in [3.05, 3.63) is 58.1 Å². The number of halogens is 2. The molecule has 2 amide bonds. The molecule has 0 heterocycles. The Bertz CT molecular complexity index is 842. The minimum atomic E-state index is -0.784. The molecule has 3 N–H and O–H groups in total. The predicted molar refractivity (Wildman–Crippen MR) is 96.5 cm³/mol. The number of ether oxygens (including phenoxy) is 2. The van der Waals surface area contributed by atoms with Gasteiger partial charge in [0.1, 0.15) is 5.75 Å². The van der Waals surface area contributed by atoms with Gasteiger partial charge in [0.05, 0.1) is 15.6 Å². The van der Waals surface area contributed by atoms with Crippen LogP contribution in [0.4, 0.5) is 5.69 Å². The molecule has 9 heteroatoms. The van der Waals surface area contributed by atoms with E-state index in [0.29, 0.717) is 10.7 Å². The number of rotatable bonds is 7. The summed E-state index contributed by atoms with van der Waals surface area (Å²) >= 11 is 11.6. The second-order valence-electron chi connectivity index (χ2n) is 4.99. The van der Waals surface area contributed by atoms with Gasteiger partial charge < -0.3 is 20.5 Å². The van der Waals surface area contributed by atoms with Gasteiger partial charge in [-0.2, -0.15) is 0 Å². The molecule has 0 saturated carbocycles. The molecular formula is C17H14Cl2N2O5. The van der Waals surface area contributed by atoms with Gasteiger partial charge in [0.25, 0.3) is 11.8 Å². The Morgan fingerprint density at radius 1 is 1.00 bits per heavy atom. The van der Waals surface area contributed by atoms with Crippen LogP contribution in [0.15, 0.2) is 42.5 Å². The maximum absolute atomic E-state index is 11.8. The Labute approximate surface area is 159 Å². The van der Waals surface area contributed by atoms with Crippen molar-refractivity contribution in [2.75, 3.05) is 18.5 Å². The average molecular weight is 397 g/mol. The third kappa shape index (κ3) is 5.65. The van der Waals surface area contributed by atoms with Crippen LogP contribution in [-0.4, -0.2) is 31.0 Å². The maximum Gasteiger partial charge on any atom is 0.344 e. The van der Waals surface area contributed by atoms with Gasteiger partial charge in [-0.15, -0.1) is 0 Å². The molecule has 136 valence electrons. The largest absolute Gasteiger partial charge is 0.481 e. The minimum Gasteiger partial charge on any atom is -0.481 e. The number of amides is 2. The zero-order chi connectivity index (χ0) is 19.1. The molecule has 0 spiro atoms. The zero-order valence-corrected chi connectivity index (χ0v) is 14.8. The fourth-order valence-corrected chi connectivity index (χ4v) is 2.19. The molecule has 26 heavy (non-hydrogen) atoms. The highest BCUT2D eigenvalue weighted by molar-refractivity contribution is 6.42. The number of benzene rings is 2. The Morgan fingerprint density at radius 2 is 1.73 bits per heavy atom. The molecule has 0 aliphatic heterocycles. The molecule has 0 saturated heterocycles. The Hall–Kier alpha value is -2.77. The van der Waals surface area contributed by atoms with Crippen molar-refractivity contribution in [3.63, 3.8) is 0 Å². The second-order valence-corrected chi connectivity index (χ2v) is 5.80. The number of carbonyl (C=O) groups excluding carboxylic acids is 3. The Morgan fingerprint density at radius 3 is 2.42 bits per heavy atom. The Balaban J connectivity index is 1.80. The lowest BCUT2D eigenvalue weighted by atomic mass is 10.2. The van der Waals surface area contributed by atoms with E-state index in [1.807, 2.05) is 0 Å². The van der Waals surface area contributed by atoms with Crippen LogP contribution in [0, 0.1) is 0 Å². The number of nitrogens with one attached hydrogen (secondary N) is 1. The standard InChI is InChI=1S/C17H14Cl2N2O5/c18-12-6-5-10(7-13(12)19)21-15(22)8-26-16(23)9-25-14-4-2-1-3-11(14)17(20)24/h1-7H,8-9H2,(H2,20,24)(H,21,22). The van der Waals surface area contributed by atoms with Crippen molar-refractivity contribution >= 4 is 46.7 Å². The van der Waals surface area contributed by atoms with E-state index in [4.69, 9.17) is 38.4 Å². The fourth-order valence-electron chi connectivity index (χ4n) is 1.89. The molecule has 0 unspecified atom stereocenters. The molecular weight excluding hydrogens is 383 g/mol. The van der Waals surface area contributed by atoms with Gasteiger partial charge in [-0.3, -0.25) is 9.59 Å². The Kier molecular flexibility index (Phi) is 6.82. The number of esters is 1. The zero-order valence-electron chi connectivity index (χ0n) is 13.3. The lowest BCUT2D eigenvalue weighted by molar-refractivity contribution is -0.149. The number of primary amides is 1. The molecule has 0 atom stereocenters. The smallest absolute Gasteiger partial charge is 0.344 e. The summed E-state index contributed by atoms with van der Waals surface area (Å²) in [4.78, 5) is 34.7. The first-order valence-corrected chi connectivity index (χ1v) is 8.04. The minimum absolute atomic E-state index is 0.137. The lowest BCUT2D eigenvalue weighted by Crippen LogP contribution is -2.24. The van der Waals surface area contributed by atoms with Crippen LogP contribution in [0.3, 0.4) is 0 Å². The van der Waals surface area contributed by atoms with E-state index in [2.05, 4.69) is 5.32 Å². The predicted octanol–water partition coefficient (Wildman–Crippen LogP) is 2.65. The highest BCUT2D eigenvalue weighted by Gasteiger charge is 2.12. The van der Waals surface area contributed by atoms with Crippen LogP contribution in [0.25, 0.3) is 0 Å². The van der Waals surface area contributed by atoms with Crippen LogP contribution < -0.4 is 15.8 Å². The monoisotopic (exact) mass is 396 g/mol. The first-order valence-electron chi connectivity index (χ1n) is 7.29. The van der Waals surface area contributed by atoms with Crippen LogP contribution in [0.5, 0.6) is 5.75 Å².